The maximum absolute atomic E-state index is 12.3. The maximum atomic E-state index is 12.3. The van der Waals surface area contributed by atoms with Gasteiger partial charge in [0.2, 0.25) is 0 Å². The number of aromatic nitrogens is 4. The average Bonchev–Trinajstić information content (AvgIpc) is 3.15. The standard InChI is InChI=1S/C17H16N6O2S/c24-16(12-5-1-3-7-18-12)22-13-11-21-23-15(13)17(25)20-9-10-26-14-6-2-4-8-19-14/h1-8,11H,9-10H2,(H,20,25)(H,21,23)(H,22,24). The molecule has 0 aromatic carbocycles. The number of thioether (sulfide) groups is 1. The van der Waals surface area contributed by atoms with Crippen molar-refractivity contribution in [3.05, 3.63) is 66.4 Å². The van der Waals surface area contributed by atoms with Crippen molar-refractivity contribution < 1.29 is 9.59 Å². The van der Waals surface area contributed by atoms with Gasteiger partial charge in [-0.05, 0) is 24.3 Å². The van der Waals surface area contributed by atoms with Crippen molar-refractivity contribution in [2.45, 2.75) is 5.03 Å². The van der Waals surface area contributed by atoms with Gasteiger partial charge in [0.1, 0.15) is 5.69 Å². The molecular formula is C17H16N6O2S. The molecular weight excluding hydrogens is 352 g/mol. The predicted molar refractivity (Wildman–Crippen MR) is 98.1 cm³/mol. The molecule has 26 heavy (non-hydrogen) atoms. The van der Waals surface area contributed by atoms with Crippen molar-refractivity contribution in [2.75, 3.05) is 17.6 Å². The van der Waals surface area contributed by atoms with Crippen LogP contribution in [0.4, 0.5) is 5.69 Å². The van der Waals surface area contributed by atoms with Crippen LogP contribution in [0.25, 0.3) is 0 Å². The number of anilines is 1. The Morgan fingerprint density at radius 3 is 2.58 bits per heavy atom. The lowest BCUT2D eigenvalue weighted by atomic mass is 10.3. The normalized spacial score (nSPS) is 10.3. The first-order valence-corrected chi connectivity index (χ1v) is 8.81. The average molecular weight is 368 g/mol. The summed E-state index contributed by atoms with van der Waals surface area (Å²) in [6.45, 7) is 0.445. The number of carbonyl (C=O) groups excluding carboxylic acids is 2. The molecule has 0 fully saturated rings. The molecule has 0 aliphatic carbocycles. The van der Waals surface area contributed by atoms with E-state index in [2.05, 4.69) is 30.8 Å². The minimum Gasteiger partial charge on any atom is -0.350 e. The lowest BCUT2D eigenvalue weighted by Crippen LogP contribution is -2.27. The number of carbonyl (C=O) groups is 2. The van der Waals surface area contributed by atoms with Gasteiger partial charge in [0.25, 0.3) is 11.8 Å². The fraction of sp³-hybridized carbons (Fsp3) is 0.118. The smallest absolute Gasteiger partial charge is 0.274 e. The van der Waals surface area contributed by atoms with E-state index in [0.29, 0.717) is 18.0 Å². The van der Waals surface area contributed by atoms with Crippen LogP contribution in [0.15, 0.2) is 60.0 Å². The summed E-state index contributed by atoms with van der Waals surface area (Å²) in [7, 11) is 0. The Labute approximate surface area is 153 Å². The fourth-order valence-corrected chi connectivity index (χ4v) is 2.80. The molecule has 0 atom stereocenters. The SMILES string of the molecule is O=C(Nc1c[nH]nc1C(=O)NCCSc1ccccn1)c1ccccn1. The summed E-state index contributed by atoms with van der Waals surface area (Å²) in [6, 6.07) is 10.7. The van der Waals surface area contributed by atoms with E-state index in [4.69, 9.17) is 0 Å². The highest BCUT2D eigenvalue weighted by Crippen LogP contribution is 2.14. The second-order valence-electron chi connectivity index (χ2n) is 5.09. The molecule has 0 aliphatic rings. The van der Waals surface area contributed by atoms with Gasteiger partial charge in [-0.25, -0.2) is 4.98 Å². The zero-order valence-electron chi connectivity index (χ0n) is 13.7. The third-order valence-corrected chi connectivity index (χ3v) is 4.22. The van der Waals surface area contributed by atoms with Crippen molar-refractivity contribution in [1.82, 2.24) is 25.5 Å². The minimum atomic E-state index is -0.410. The molecule has 3 aromatic heterocycles. The van der Waals surface area contributed by atoms with Crippen LogP contribution in [-0.2, 0) is 0 Å². The lowest BCUT2D eigenvalue weighted by molar-refractivity contribution is 0.0952. The number of nitrogens with one attached hydrogen (secondary N) is 3. The Morgan fingerprint density at radius 2 is 1.85 bits per heavy atom. The third-order valence-electron chi connectivity index (χ3n) is 3.28. The molecule has 0 spiro atoms. The van der Waals surface area contributed by atoms with Gasteiger partial charge < -0.3 is 10.6 Å². The van der Waals surface area contributed by atoms with E-state index in [9.17, 15) is 9.59 Å². The zero-order chi connectivity index (χ0) is 18.2. The molecule has 8 nitrogen and oxygen atoms in total. The zero-order valence-corrected chi connectivity index (χ0v) is 14.5. The molecule has 9 heteroatoms. The Hall–Kier alpha value is -3.20. The van der Waals surface area contributed by atoms with Gasteiger partial charge in [0.15, 0.2) is 5.69 Å². The predicted octanol–water partition coefficient (Wildman–Crippen LogP) is 1.97. The van der Waals surface area contributed by atoms with E-state index in [1.54, 1.807) is 24.4 Å². The number of pyridine rings is 2. The molecule has 3 heterocycles. The molecule has 0 radical (unpaired) electrons. The highest BCUT2D eigenvalue weighted by Gasteiger charge is 2.17. The van der Waals surface area contributed by atoms with Gasteiger partial charge in [0, 0.05) is 30.9 Å². The summed E-state index contributed by atoms with van der Waals surface area (Å²) in [5.74, 6) is -0.112. The van der Waals surface area contributed by atoms with Crippen molar-refractivity contribution in [1.29, 1.82) is 0 Å². The van der Waals surface area contributed by atoms with E-state index in [1.807, 2.05) is 18.2 Å². The van der Waals surface area contributed by atoms with Gasteiger partial charge in [-0.2, -0.15) is 5.10 Å². The van der Waals surface area contributed by atoms with Gasteiger partial charge in [-0.3, -0.25) is 19.7 Å². The number of amides is 2. The van der Waals surface area contributed by atoms with Crippen molar-refractivity contribution in [3.8, 4) is 0 Å². The van der Waals surface area contributed by atoms with E-state index in [-0.39, 0.29) is 17.3 Å². The van der Waals surface area contributed by atoms with Crippen LogP contribution in [0.2, 0.25) is 0 Å². The molecule has 3 N–H and O–H groups in total. The quantitative estimate of drug-likeness (QED) is 0.434. The van der Waals surface area contributed by atoms with Crippen LogP contribution in [0.5, 0.6) is 0 Å². The Bertz CT molecular complexity index is 869. The third kappa shape index (κ3) is 4.67. The van der Waals surface area contributed by atoms with Gasteiger partial charge in [-0.1, -0.05) is 12.1 Å². The summed E-state index contributed by atoms with van der Waals surface area (Å²) < 4.78 is 0. The summed E-state index contributed by atoms with van der Waals surface area (Å²) in [5.41, 5.74) is 0.680. The molecule has 2 amide bonds. The molecule has 0 aliphatic heterocycles. The number of rotatable bonds is 7. The van der Waals surface area contributed by atoms with E-state index < -0.39 is 5.91 Å². The van der Waals surface area contributed by atoms with Crippen LogP contribution in [0, 0.1) is 0 Å². The maximum Gasteiger partial charge on any atom is 0.274 e. The monoisotopic (exact) mass is 368 g/mol. The topological polar surface area (TPSA) is 113 Å². The van der Waals surface area contributed by atoms with Crippen molar-refractivity contribution in [3.63, 3.8) is 0 Å². The number of aromatic amines is 1. The first-order valence-electron chi connectivity index (χ1n) is 7.82. The van der Waals surface area contributed by atoms with Crippen LogP contribution < -0.4 is 10.6 Å². The number of H-pyrrole nitrogens is 1. The second-order valence-corrected chi connectivity index (χ2v) is 6.20. The first-order chi connectivity index (χ1) is 12.7. The lowest BCUT2D eigenvalue weighted by Gasteiger charge is -2.06. The molecule has 0 saturated heterocycles. The van der Waals surface area contributed by atoms with Crippen LogP contribution >= 0.6 is 11.8 Å². The van der Waals surface area contributed by atoms with Gasteiger partial charge >= 0.3 is 0 Å². The molecule has 132 valence electrons. The van der Waals surface area contributed by atoms with Crippen molar-refractivity contribution >= 4 is 29.3 Å². The Morgan fingerprint density at radius 1 is 1.04 bits per heavy atom. The first kappa shape index (κ1) is 17.6. The largest absolute Gasteiger partial charge is 0.350 e. The van der Waals surface area contributed by atoms with E-state index in [1.165, 1.54) is 24.2 Å². The molecule has 0 saturated carbocycles. The van der Waals surface area contributed by atoms with Gasteiger partial charge in [-0.15, -0.1) is 11.8 Å². The van der Waals surface area contributed by atoms with Crippen LogP contribution in [-0.4, -0.2) is 44.3 Å². The number of nitrogens with zero attached hydrogens (tertiary/aromatic N) is 3. The summed E-state index contributed by atoms with van der Waals surface area (Å²) in [6.07, 6.45) is 4.71. The molecule has 0 unspecified atom stereocenters. The summed E-state index contributed by atoms with van der Waals surface area (Å²) in [4.78, 5) is 32.6. The second kappa shape index (κ2) is 8.77. The van der Waals surface area contributed by atoms with E-state index in [0.717, 1.165) is 5.03 Å². The number of hydrogen-bond donors (Lipinski definition) is 3. The highest BCUT2D eigenvalue weighted by molar-refractivity contribution is 7.99. The van der Waals surface area contributed by atoms with Crippen molar-refractivity contribution in [2.24, 2.45) is 0 Å². The molecule has 3 aromatic rings. The van der Waals surface area contributed by atoms with Crippen LogP contribution in [0.3, 0.4) is 0 Å². The van der Waals surface area contributed by atoms with Crippen LogP contribution in [0.1, 0.15) is 21.0 Å². The molecule has 0 bridgehead atoms. The molecule has 3 rings (SSSR count). The number of hydrogen-bond acceptors (Lipinski definition) is 6. The Kier molecular flexibility index (Phi) is 5.94. The minimum absolute atomic E-state index is 0.122. The van der Waals surface area contributed by atoms with Gasteiger partial charge in [0.05, 0.1) is 10.7 Å². The van der Waals surface area contributed by atoms with E-state index >= 15 is 0 Å². The Balaban J connectivity index is 1.52. The summed E-state index contributed by atoms with van der Waals surface area (Å²) >= 11 is 1.54. The fourth-order valence-electron chi connectivity index (χ4n) is 2.08. The highest BCUT2D eigenvalue weighted by atomic mass is 32.2. The summed E-state index contributed by atoms with van der Waals surface area (Å²) in [5, 5.41) is 12.8.